The molecule has 8 nitrogen and oxygen atoms in total. The van der Waals surface area contributed by atoms with Crippen LogP contribution in [-0.2, 0) is 16.1 Å². The molecule has 2 amide bonds. The molecule has 0 spiro atoms. The Bertz CT molecular complexity index is 1710. The Morgan fingerprint density at radius 2 is 1.69 bits per heavy atom. The summed E-state index contributed by atoms with van der Waals surface area (Å²) in [7, 11) is 0. The number of halogens is 1. The van der Waals surface area contributed by atoms with Gasteiger partial charge in [-0.15, -0.1) is 0 Å². The predicted molar refractivity (Wildman–Crippen MR) is 148 cm³/mol. The summed E-state index contributed by atoms with van der Waals surface area (Å²) in [5.74, 6) is -1.91. The second-order valence-corrected chi connectivity index (χ2v) is 12.1. The molecule has 4 atom stereocenters. The molecule has 6 rings (SSSR count). The van der Waals surface area contributed by atoms with Crippen LogP contribution in [0.4, 0.5) is 5.69 Å². The molecule has 1 aliphatic heterocycles. The van der Waals surface area contributed by atoms with E-state index in [-0.39, 0.29) is 11.8 Å². The van der Waals surface area contributed by atoms with Crippen LogP contribution in [0.15, 0.2) is 54.6 Å². The zero-order valence-corrected chi connectivity index (χ0v) is 22.7. The first-order valence-electron chi connectivity index (χ1n) is 13.0. The molecular weight excluding hydrogens is 514 g/mol. The van der Waals surface area contributed by atoms with E-state index in [0.717, 1.165) is 5.52 Å². The molecule has 198 valence electrons. The van der Waals surface area contributed by atoms with Gasteiger partial charge in [-0.2, -0.15) is 20.3 Å². The minimum Gasteiger partial charge on any atom is -0.393 e. The van der Waals surface area contributed by atoms with E-state index in [0.29, 0.717) is 51.9 Å². The Morgan fingerprint density at radius 1 is 1.00 bits per heavy atom. The van der Waals surface area contributed by atoms with Gasteiger partial charge in [0.15, 0.2) is 0 Å². The van der Waals surface area contributed by atoms with Gasteiger partial charge in [0.05, 0.1) is 41.8 Å². The minimum absolute atomic E-state index is 0.271. The maximum atomic E-state index is 14.3. The van der Waals surface area contributed by atoms with E-state index in [2.05, 4.69) is 16.3 Å². The number of fused-ring (bicyclic) bond motifs is 3. The standard InChI is InChI=1S/C30H28ClN5O3/c1-29(2)24(37)15-30(3,12-13-35-33-21-10-9-18(31)14-22(21)34-35)26-25(29)27(38)36(28(26)39)23-11-8-17(16-32)19-6-4-5-7-20(19)23/h4-11,14,24-26,37H,12-13,15H2,1-3H3/t24-,25-,26+,30-/m0/s1. The van der Waals surface area contributed by atoms with Crippen LogP contribution in [0.3, 0.4) is 0 Å². The third-order valence-corrected chi connectivity index (χ3v) is 9.14. The van der Waals surface area contributed by atoms with Crippen LogP contribution in [0.25, 0.3) is 21.8 Å². The summed E-state index contributed by atoms with van der Waals surface area (Å²) in [5, 5.41) is 31.9. The van der Waals surface area contributed by atoms with E-state index in [1.807, 2.05) is 51.1 Å². The number of imide groups is 1. The molecule has 4 aromatic rings. The van der Waals surface area contributed by atoms with E-state index in [9.17, 15) is 20.0 Å². The SMILES string of the molecule is CC1(C)[C@@H]2C(=O)N(c3ccc(C#N)c4ccccc34)C(=O)[C@@H]2[C@@](C)(CCn2nc3ccc(Cl)cc3n2)C[C@@H]1O. The third kappa shape index (κ3) is 3.83. The fourth-order valence-corrected chi connectivity index (χ4v) is 6.78. The second kappa shape index (κ2) is 8.87. The summed E-state index contributed by atoms with van der Waals surface area (Å²) < 4.78 is 0. The molecule has 2 heterocycles. The lowest BCUT2D eigenvalue weighted by atomic mass is 9.52. The molecule has 3 aromatic carbocycles. The fourth-order valence-electron chi connectivity index (χ4n) is 6.62. The lowest BCUT2D eigenvalue weighted by Gasteiger charge is -2.51. The van der Waals surface area contributed by atoms with Crippen molar-refractivity contribution in [2.75, 3.05) is 4.90 Å². The predicted octanol–water partition coefficient (Wildman–Crippen LogP) is 5.10. The zero-order chi connectivity index (χ0) is 27.7. The molecule has 9 heteroatoms. The van der Waals surface area contributed by atoms with Crippen LogP contribution < -0.4 is 4.90 Å². The Balaban J connectivity index is 1.40. The number of carbonyl (C=O) groups excluding carboxylic acids is 2. The van der Waals surface area contributed by atoms with Crippen molar-refractivity contribution in [2.45, 2.75) is 46.3 Å². The zero-order valence-electron chi connectivity index (χ0n) is 21.9. The first kappa shape index (κ1) is 25.5. The van der Waals surface area contributed by atoms with Crippen molar-refractivity contribution in [1.82, 2.24) is 15.0 Å². The highest BCUT2D eigenvalue weighted by molar-refractivity contribution is 6.31. The number of anilines is 1. The Kier molecular flexibility index (Phi) is 5.79. The molecule has 1 aliphatic carbocycles. The van der Waals surface area contributed by atoms with E-state index < -0.39 is 28.8 Å². The highest BCUT2D eigenvalue weighted by Crippen LogP contribution is 2.58. The lowest BCUT2D eigenvalue weighted by Crippen LogP contribution is -2.54. The van der Waals surface area contributed by atoms with Crippen LogP contribution in [0.1, 0.15) is 39.2 Å². The van der Waals surface area contributed by atoms with Crippen LogP contribution in [-0.4, -0.2) is 38.0 Å². The monoisotopic (exact) mass is 541 g/mol. The van der Waals surface area contributed by atoms with Gasteiger partial charge in [0.1, 0.15) is 11.0 Å². The molecule has 1 aromatic heterocycles. The number of hydrogen-bond donors (Lipinski definition) is 1. The van der Waals surface area contributed by atoms with Gasteiger partial charge in [-0.05, 0) is 48.6 Å². The highest BCUT2D eigenvalue weighted by atomic mass is 35.5. The number of aryl methyl sites for hydroxylation is 1. The van der Waals surface area contributed by atoms with Crippen molar-refractivity contribution in [3.63, 3.8) is 0 Å². The van der Waals surface area contributed by atoms with Gasteiger partial charge in [0.2, 0.25) is 11.8 Å². The Morgan fingerprint density at radius 3 is 2.44 bits per heavy atom. The minimum atomic E-state index is -0.802. The molecule has 39 heavy (non-hydrogen) atoms. The lowest BCUT2D eigenvalue weighted by molar-refractivity contribution is -0.151. The first-order chi connectivity index (χ1) is 18.5. The van der Waals surface area contributed by atoms with Crippen molar-refractivity contribution >= 4 is 50.9 Å². The summed E-state index contributed by atoms with van der Waals surface area (Å²) in [6.07, 6.45) is 0.0906. The fraction of sp³-hybridized carbons (Fsp3) is 0.367. The summed E-state index contributed by atoms with van der Waals surface area (Å²) >= 11 is 6.10. The molecule has 0 radical (unpaired) electrons. The molecule has 0 unspecified atom stereocenters. The molecule has 2 fully saturated rings. The topological polar surface area (TPSA) is 112 Å². The number of nitrogens with zero attached hydrogens (tertiary/aromatic N) is 5. The molecular formula is C30H28ClN5O3. The molecule has 1 saturated heterocycles. The number of carbonyl (C=O) groups is 2. The Hall–Kier alpha value is -3.80. The van der Waals surface area contributed by atoms with Gasteiger partial charge in [-0.3, -0.25) is 9.59 Å². The normalized spacial score (nSPS) is 26.3. The van der Waals surface area contributed by atoms with E-state index in [1.54, 1.807) is 29.1 Å². The molecule has 2 aliphatic rings. The third-order valence-electron chi connectivity index (χ3n) is 8.91. The molecule has 1 saturated carbocycles. The van der Waals surface area contributed by atoms with Crippen molar-refractivity contribution in [3.8, 4) is 6.07 Å². The number of amides is 2. The number of aliphatic hydroxyl groups excluding tert-OH is 1. The quantitative estimate of drug-likeness (QED) is 0.360. The molecule has 0 bridgehead atoms. The van der Waals surface area contributed by atoms with Gasteiger partial charge in [0.25, 0.3) is 0 Å². The van der Waals surface area contributed by atoms with Crippen LogP contribution in [0.5, 0.6) is 0 Å². The van der Waals surface area contributed by atoms with Crippen LogP contribution in [0, 0.1) is 34.0 Å². The highest BCUT2D eigenvalue weighted by Gasteiger charge is 2.65. The summed E-state index contributed by atoms with van der Waals surface area (Å²) in [5.41, 5.74) is 0.870. The maximum Gasteiger partial charge on any atom is 0.238 e. The van der Waals surface area contributed by atoms with Crippen molar-refractivity contribution < 1.29 is 14.7 Å². The summed E-state index contributed by atoms with van der Waals surface area (Å²) in [6, 6.07) is 18.2. The second-order valence-electron chi connectivity index (χ2n) is 11.6. The van der Waals surface area contributed by atoms with E-state index in [1.165, 1.54) is 4.90 Å². The van der Waals surface area contributed by atoms with Crippen molar-refractivity contribution in [1.29, 1.82) is 5.26 Å². The smallest absolute Gasteiger partial charge is 0.238 e. The number of rotatable bonds is 4. The number of hydrogen-bond acceptors (Lipinski definition) is 6. The summed E-state index contributed by atoms with van der Waals surface area (Å²) in [6.45, 7) is 6.13. The van der Waals surface area contributed by atoms with Gasteiger partial charge < -0.3 is 5.11 Å². The average molecular weight is 542 g/mol. The van der Waals surface area contributed by atoms with Crippen molar-refractivity contribution in [3.05, 3.63) is 65.2 Å². The van der Waals surface area contributed by atoms with Crippen LogP contribution in [0.2, 0.25) is 5.02 Å². The first-order valence-corrected chi connectivity index (χ1v) is 13.4. The van der Waals surface area contributed by atoms with Gasteiger partial charge in [-0.1, -0.05) is 56.6 Å². The van der Waals surface area contributed by atoms with E-state index >= 15 is 0 Å². The van der Waals surface area contributed by atoms with Gasteiger partial charge in [0, 0.05) is 21.2 Å². The number of nitriles is 1. The van der Waals surface area contributed by atoms with Gasteiger partial charge in [-0.25, -0.2) is 4.90 Å². The van der Waals surface area contributed by atoms with Crippen molar-refractivity contribution in [2.24, 2.45) is 22.7 Å². The Labute approximate surface area is 230 Å². The maximum absolute atomic E-state index is 14.3. The molecule has 1 N–H and O–H groups in total. The van der Waals surface area contributed by atoms with Crippen LogP contribution >= 0.6 is 11.6 Å². The number of aliphatic hydroxyl groups is 1. The van der Waals surface area contributed by atoms with Gasteiger partial charge >= 0.3 is 0 Å². The number of benzene rings is 3. The number of aromatic nitrogens is 3. The summed E-state index contributed by atoms with van der Waals surface area (Å²) in [4.78, 5) is 31.3. The average Bonchev–Trinajstić information content (AvgIpc) is 3.43. The van der Waals surface area contributed by atoms with E-state index in [4.69, 9.17) is 11.6 Å². The largest absolute Gasteiger partial charge is 0.393 e.